The Morgan fingerprint density at radius 1 is 0.960 bits per heavy atom. The molecule has 0 aromatic heterocycles. The first-order chi connectivity index (χ1) is 11.1. The van der Waals surface area contributed by atoms with E-state index in [1.165, 1.54) is 0 Å². The molecule has 5 nitrogen and oxygen atoms in total. The number of esters is 2. The highest BCUT2D eigenvalue weighted by atomic mass is 16.6. The summed E-state index contributed by atoms with van der Waals surface area (Å²) in [5.74, 6) is -0.338. The Hall–Kier alpha value is -1.36. The molecule has 0 aromatic carbocycles. The molecule has 0 atom stereocenters. The maximum absolute atomic E-state index is 11.1. The van der Waals surface area contributed by atoms with E-state index in [0.29, 0.717) is 12.0 Å². The number of ether oxygens (including phenoxy) is 3. The molecule has 0 unspecified atom stereocenters. The minimum absolute atomic E-state index is 0.00984. The van der Waals surface area contributed by atoms with Crippen LogP contribution in [0.1, 0.15) is 68.7 Å². The van der Waals surface area contributed by atoms with E-state index in [1.807, 2.05) is 48.5 Å². The van der Waals surface area contributed by atoms with Gasteiger partial charge in [-0.15, -0.1) is 0 Å². The van der Waals surface area contributed by atoms with Crippen LogP contribution in [-0.4, -0.2) is 36.9 Å². The van der Waals surface area contributed by atoms with Gasteiger partial charge in [-0.25, -0.2) is 4.79 Å². The molecule has 5 heteroatoms. The van der Waals surface area contributed by atoms with E-state index in [4.69, 9.17) is 9.47 Å². The molecule has 0 radical (unpaired) electrons. The van der Waals surface area contributed by atoms with Crippen LogP contribution in [0, 0.1) is 10.8 Å². The molecule has 146 valence electrons. The second-order valence-corrected chi connectivity index (χ2v) is 8.63. The lowest BCUT2D eigenvalue weighted by Gasteiger charge is -2.31. The summed E-state index contributed by atoms with van der Waals surface area (Å²) in [5, 5.41) is 0. The van der Waals surface area contributed by atoms with Gasteiger partial charge in [-0.05, 0) is 34.6 Å². The number of hydrogen-bond donors (Lipinski definition) is 0. The summed E-state index contributed by atoms with van der Waals surface area (Å²) in [6, 6.07) is 0. The summed E-state index contributed by atoms with van der Waals surface area (Å²) in [6.45, 7) is 22.3. The zero-order chi connectivity index (χ0) is 20.3. The molecule has 0 N–H and O–H groups in total. The molecular formula is C20H36O5. The molecule has 0 aromatic rings. The Labute approximate surface area is 153 Å². The van der Waals surface area contributed by atoms with Crippen molar-refractivity contribution in [3.63, 3.8) is 0 Å². The van der Waals surface area contributed by atoms with Gasteiger partial charge in [-0.2, -0.15) is 0 Å². The number of rotatable bonds is 1. The monoisotopic (exact) mass is 356 g/mol. The van der Waals surface area contributed by atoms with Gasteiger partial charge in [0, 0.05) is 30.1 Å². The van der Waals surface area contributed by atoms with Crippen LogP contribution in [0.2, 0.25) is 0 Å². The van der Waals surface area contributed by atoms with E-state index in [0.717, 1.165) is 6.61 Å². The van der Waals surface area contributed by atoms with Gasteiger partial charge in [0.15, 0.2) is 0 Å². The Bertz CT molecular complexity index is 492. The summed E-state index contributed by atoms with van der Waals surface area (Å²) >= 11 is 0. The smallest absolute Gasteiger partial charge is 0.334 e. The van der Waals surface area contributed by atoms with E-state index in [9.17, 15) is 9.59 Å². The first kappa shape index (κ1) is 23.6. The van der Waals surface area contributed by atoms with Crippen LogP contribution in [0.3, 0.4) is 0 Å². The molecule has 2 heterocycles. The molecule has 25 heavy (non-hydrogen) atoms. The van der Waals surface area contributed by atoms with E-state index >= 15 is 0 Å². The summed E-state index contributed by atoms with van der Waals surface area (Å²) in [5.41, 5.74) is -0.387. The third-order valence-corrected chi connectivity index (χ3v) is 5.73. The summed E-state index contributed by atoms with van der Waals surface area (Å²) < 4.78 is 14.8. The normalized spacial score (nSPS) is 24.3. The fourth-order valence-electron chi connectivity index (χ4n) is 2.07. The number of hydrogen-bond acceptors (Lipinski definition) is 5. The van der Waals surface area contributed by atoms with Crippen molar-refractivity contribution in [3.05, 3.63) is 12.2 Å². The SMILES string of the molecule is C=C1C(=O)OC(C)(C)C1(C)C.CC1(C)CC(=O)OC1(C)C.CCOC. The maximum Gasteiger partial charge on any atom is 0.334 e. The predicted octanol–water partition coefficient (Wildman–Crippen LogP) is 4.30. The van der Waals surface area contributed by atoms with Crippen molar-refractivity contribution < 1.29 is 23.8 Å². The van der Waals surface area contributed by atoms with Crippen LogP contribution >= 0.6 is 0 Å². The molecule has 2 rings (SSSR count). The van der Waals surface area contributed by atoms with Gasteiger partial charge in [0.25, 0.3) is 0 Å². The molecule has 0 spiro atoms. The van der Waals surface area contributed by atoms with Crippen LogP contribution in [0.4, 0.5) is 0 Å². The highest BCUT2D eigenvalue weighted by molar-refractivity contribution is 5.92. The molecule has 2 aliphatic rings. The number of cyclic esters (lactones) is 2. The first-order valence-electron chi connectivity index (χ1n) is 8.69. The fraction of sp³-hybridized carbons (Fsp3) is 0.800. The zero-order valence-corrected chi connectivity index (χ0v) is 17.7. The van der Waals surface area contributed by atoms with Gasteiger partial charge >= 0.3 is 11.9 Å². The molecule has 2 fully saturated rings. The molecule has 0 aliphatic carbocycles. The summed E-state index contributed by atoms with van der Waals surface area (Å²) in [7, 11) is 1.68. The van der Waals surface area contributed by atoms with Crippen molar-refractivity contribution in [1.29, 1.82) is 0 Å². The average Bonchev–Trinajstić information content (AvgIpc) is 2.71. The summed E-state index contributed by atoms with van der Waals surface area (Å²) in [4.78, 5) is 21.9. The van der Waals surface area contributed by atoms with Gasteiger partial charge in [0.1, 0.15) is 11.2 Å². The van der Waals surface area contributed by atoms with Gasteiger partial charge < -0.3 is 14.2 Å². The largest absolute Gasteiger partial charge is 0.459 e. The van der Waals surface area contributed by atoms with Gasteiger partial charge in [-0.3, -0.25) is 4.79 Å². The molecule has 0 amide bonds. The maximum atomic E-state index is 11.1. The van der Waals surface area contributed by atoms with Crippen molar-refractivity contribution >= 4 is 11.9 Å². The van der Waals surface area contributed by atoms with Crippen LogP contribution in [0.25, 0.3) is 0 Å². The van der Waals surface area contributed by atoms with Gasteiger partial charge in [0.2, 0.25) is 0 Å². The number of methoxy groups -OCH3 is 1. The highest BCUT2D eigenvalue weighted by Crippen LogP contribution is 2.46. The second-order valence-electron chi connectivity index (χ2n) is 8.63. The molecule has 0 saturated carbocycles. The van der Waals surface area contributed by atoms with E-state index in [-0.39, 0.29) is 28.4 Å². The molecule has 0 bridgehead atoms. The van der Waals surface area contributed by atoms with Crippen LogP contribution < -0.4 is 0 Å². The molecular weight excluding hydrogens is 320 g/mol. The van der Waals surface area contributed by atoms with Crippen LogP contribution in [0.5, 0.6) is 0 Å². The Morgan fingerprint density at radius 3 is 1.48 bits per heavy atom. The average molecular weight is 357 g/mol. The highest BCUT2D eigenvalue weighted by Gasteiger charge is 2.51. The number of carbonyl (C=O) groups is 2. The topological polar surface area (TPSA) is 61.8 Å². The van der Waals surface area contributed by atoms with Crippen molar-refractivity contribution in [1.82, 2.24) is 0 Å². The van der Waals surface area contributed by atoms with Crippen LogP contribution in [0.15, 0.2) is 12.2 Å². The Balaban J connectivity index is 0.000000383. The van der Waals surface area contributed by atoms with Gasteiger partial charge in [0.05, 0.1) is 6.42 Å². The van der Waals surface area contributed by atoms with E-state index < -0.39 is 5.60 Å². The van der Waals surface area contributed by atoms with Crippen molar-refractivity contribution in [3.8, 4) is 0 Å². The molecule has 2 aliphatic heterocycles. The van der Waals surface area contributed by atoms with Crippen LogP contribution in [-0.2, 0) is 23.8 Å². The van der Waals surface area contributed by atoms with Crippen molar-refractivity contribution in [2.24, 2.45) is 10.8 Å². The summed E-state index contributed by atoms with van der Waals surface area (Å²) in [6.07, 6.45) is 0.542. The second kappa shape index (κ2) is 7.90. The van der Waals surface area contributed by atoms with E-state index in [2.05, 4.69) is 25.2 Å². The van der Waals surface area contributed by atoms with Crippen molar-refractivity contribution in [2.45, 2.75) is 79.9 Å². The molecule has 2 saturated heterocycles. The Kier molecular flexibility index (Phi) is 7.47. The lowest BCUT2D eigenvalue weighted by Crippen LogP contribution is -2.35. The minimum Gasteiger partial charge on any atom is -0.459 e. The third-order valence-electron chi connectivity index (χ3n) is 5.73. The first-order valence-corrected chi connectivity index (χ1v) is 8.69. The minimum atomic E-state index is -0.416. The lowest BCUT2D eigenvalue weighted by molar-refractivity contribution is -0.148. The van der Waals surface area contributed by atoms with Gasteiger partial charge in [-0.1, -0.05) is 34.3 Å². The fourth-order valence-corrected chi connectivity index (χ4v) is 2.07. The quantitative estimate of drug-likeness (QED) is 0.518. The number of carbonyl (C=O) groups excluding carboxylic acids is 2. The Morgan fingerprint density at radius 2 is 1.40 bits per heavy atom. The standard InChI is InChI=1S/C9H14O2.C8H14O2.C3H8O/c1-6-7(10)11-9(4,5)8(6,2)3;1-7(2)5-6(9)10-8(7,3)4;1-3-4-2/h1H2,2-5H3;5H2,1-4H3;3H2,1-2H3. The zero-order valence-electron chi connectivity index (χ0n) is 17.7. The predicted molar refractivity (Wildman–Crippen MR) is 99.2 cm³/mol. The van der Waals surface area contributed by atoms with Crippen molar-refractivity contribution in [2.75, 3.05) is 13.7 Å². The third kappa shape index (κ3) is 5.30. The van der Waals surface area contributed by atoms with E-state index in [1.54, 1.807) is 7.11 Å². The lowest BCUT2D eigenvalue weighted by atomic mass is 9.74.